The molecule has 1 heteroatoms. The van der Waals surface area contributed by atoms with Crippen LogP contribution in [-0.2, 0) is 0 Å². The van der Waals surface area contributed by atoms with Crippen LogP contribution < -0.4 is 5.32 Å². The minimum absolute atomic E-state index is 0.975. The van der Waals surface area contributed by atoms with Crippen molar-refractivity contribution in [3.05, 3.63) is 11.6 Å². The Labute approximate surface area is 81.6 Å². The monoisotopic (exact) mass is 179 g/mol. The summed E-state index contributed by atoms with van der Waals surface area (Å²) in [4.78, 5) is 0. The van der Waals surface area contributed by atoms with Crippen LogP contribution in [0.1, 0.15) is 44.9 Å². The first kappa shape index (κ1) is 9.26. The van der Waals surface area contributed by atoms with Gasteiger partial charge in [0.1, 0.15) is 0 Å². The molecule has 2 aliphatic rings. The molecule has 1 nitrogen and oxygen atoms in total. The molecule has 0 aromatic heterocycles. The number of hydrogen-bond donors (Lipinski definition) is 1. The van der Waals surface area contributed by atoms with Crippen LogP contribution >= 0.6 is 0 Å². The molecule has 1 fully saturated rings. The second kappa shape index (κ2) is 4.80. The van der Waals surface area contributed by atoms with Crippen LogP contribution in [0.2, 0.25) is 0 Å². The molecule has 1 unspecified atom stereocenters. The van der Waals surface area contributed by atoms with Gasteiger partial charge in [0.05, 0.1) is 0 Å². The lowest BCUT2D eigenvalue weighted by atomic mass is 9.92. The SMILES string of the molecule is C1=C(CCC2CCNC2)CCCC1. The standard InChI is InChI=1S/C12H21N/c1-2-4-11(5-3-1)6-7-12-8-9-13-10-12/h4,12-13H,1-3,5-10H2. The molecule has 1 N–H and O–H groups in total. The minimum atomic E-state index is 0.975. The zero-order valence-corrected chi connectivity index (χ0v) is 8.52. The van der Waals surface area contributed by atoms with E-state index in [1.807, 2.05) is 0 Å². The lowest BCUT2D eigenvalue weighted by Crippen LogP contribution is -2.09. The molecule has 0 saturated carbocycles. The van der Waals surface area contributed by atoms with Crippen LogP contribution in [0.5, 0.6) is 0 Å². The summed E-state index contributed by atoms with van der Waals surface area (Å²) in [5, 5.41) is 3.44. The van der Waals surface area contributed by atoms with Crippen LogP contribution in [0, 0.1) is 5.92 Å². The normalized spacial score (nSPS) is 28.9. The van der Waals surface area contributed by atoms with Crippen LogP contribution in [0.15, 0.2) is 11.6 Å². The van der Waals surface area contributed by atoms with E-state index < -0.39 is 0 Å². The number of nitrogens with one attached hydrogen (secondary N) is 1. The number of hydrogen-bond acceptors (Lipinski definition) is 1. The Kier molecular flexibility index (Phi) is 3.42. The van der Waals surface area contributed by atoms with Gasteiger partial charge in [-0.05, 0) is 64.0 Å². The van der Waals surface area contributed by atoms with Gasteiger partial charge in [-0.3, -0.25) is 0 Å². The first-order valence-corrected chi connectivity index (χ1v) is 5.84. The van der Waals surface area contributed by atoms with Gasteiger partial charge in [-0.2, -0.15) is 0 Å². The second-order valence-electron chi connectivity index (χ2n) is 4.51. The Bertz CT molecular complexity index is 178. The highest BCUT2D eigenvalue weighted by Gasteiger charge is 2.14. The summed E-state index contributed by atoms with van der Waals surface area (Å²) in [6.45, 7) is 2.52. The van der Waals surface area contributed by atoms with E-state index in [2.05, 4.69) is 11.4 Å². The second-order valence-corrected chi connectivity index (χ2v) is 4.51. The first-order valence-electron chi connectivity index (χ1n) is 5.84. The molecule has 1 aliphatic carbocycles. The third-order valence-corrected chi connectivity index (χ3v) is 3.42. The summed E-state index contributed by atoms with van der Waals surface area (Å²) in [7, 11) is 0. The van der Waals surface area contributed by atoms with Crippen molar-refractivity contribution in [2.45, 2.75) is 44.9 Å². The van der Waals surface area contributed by atoms with Gasteiger partial charge >= 0.3 is 0 Å². The van der Waals surface area contributed by atoms with Crippen LogP contribution in [0.4, 0.5) is 0 Å². The molecule has 0 amide bonds. The van der Waals surface area contributed by atoms with E-state index in [1.54, 1.807) is 5.57 Å². The van der Waals surface area contributed by atoms with E-state index in [0.29, 0.717) is 0 Å². The molecule has 0 bridgehead atoms. The van der Waals surface area contributed by atoms with Gasteiger partial charge in [0.25, 0.3) is 0 Å². The summed E-state index contributed by atoms with van der Waals surface area (Å²) in [6, 6.07) is 0. The zero-order valence-electron chi connectivity index (χ0n) is 8.52. The fourth-order valence-corrected chi connectivity index (χ4v) is 2.48. The molecule has 1 aliphatic heterocycles. The Morgan fingerprint density at radius 1 is 1.38 bits per heavy atom. The fraction of sp³-hybridized carbons (Fsp3) is 0.833. The van der Waals surface area contributed by atoms with Crippen molar-refractivity contribution in [2.24, 2.45) is 5.92 Å². The largest absolute Gasteiger partial charge is 0.316 e. The van der Waals surface area contributed by atoms with Crippen molar-refractivity contribution >= 4 is 0 Å². The molecule has 0 radical (unpaired) electrons. The van der Waals surface area contributed by atoms with Crippen molar-refractivity contribution in [3.8, 4) is 0 Å². The van der Waals surface area contributed by atoms with E-state index in [1.165, 1.54) is 58.0 Å². The zero-order chi connectivity index (χ0) is 8.93. The topological polar surface area (TPSA) is 12.0 Å². The van der Waals surface area contributed by atoms with Gasteiger partial charge in [0.2, 0.25) is 0 Å². The Morgan fingerprint density at radius 3 is 3.08 bits per heavy atom. The molecule has 74 valence electrons. The average Bonchev–Trinajstić information content (AvgIpc) is 2.69. The summed E-state index contributed by atoms with van der Waals surface area (Å²) in [6.07, 6.45) is 12.3. The van der Waals surface area contributed by atoms with Crippen molar-refractivity contribution in [1.82, 2.24) is 5.32 Å². The van der Waals surface area contributed by atoms with Gasteiger partial charge in [0.15, 0.2) is 0 Å². The molecule has 0 aromatic carbocycles. The van der Waals surface area contributed by atoms with E-state index >= 15 is 0 Å². The Morgan fingerprint density at radius 2 is 2.38 bits per heavy atom. The fourth-order valence-electron chi connectivity index (χ4n) is 2.48. The highest BCUT2D eigenvalue weighted by atomic mass is 14.9. The highest BCUT2D eigenvalue weighted by molar-refractivity contribution is 5.05. The van der Waals surface area contributed by atoms with Gasteiger partial charge < -0.3 is 5.32 Å². The predicted octanol–water partition coefficient (Wildman–Crippen LogP) is 2.88. The van der Waals surface area contributed by atoms with Gasteiger partial charge in [0, 0.05) is 0 Å². The summed E-state index contributed by atoms with van der Waals surface area (Å²) in [5.41, 5.74) is 1.75. The van der Waals surface area contributed by atoms with Crippen LogP contribution in [-0.4, -0.2) is 13.1 Å². The van der Waals surface area contributed by atoms with Gasteiger partial charge in [-0.25, -0.2) is 0 Å². The third kappa shape index (κ3) is 2.84. The lowest BCUT2D eigenvalue weighted by molar-refractivity contribution is 0.519. The Hall–Kier alpha value is -0.300. The van der Waals surface area contributed by atoms with Crippen molar-refractivity contribution < 1.29 is 0 Å². The molecule has 2 rings (SSSR count). The minimum Gasteiger partial charge on any atom is -0.316 e. The van der Waals surface area contributed by atoms with E-state index in [4.69, 9.17) is 0 Å². The quantitative estimate of drug-likeness (QED) is 0.657. The lowest BCUT2D eigenvalue weighted by Gasteiger charge is -2.14. The molecular weight excluding hydrogens is 158 g/mol. The summed E-state index contributed by atoms with van der Waals surface area (Å²) < 4.78 is 0. The maximum atomic E-state index is 3.44. The van der Waals surface area contributed by atoms with Crippen molar-refractivity contribution in [2.75, 3.05) is 13.1 Å². The third-order valence-electron chi connectivity index (χ3n) is 3.42. The highest BCUT2D eigenvalue weighted by Crippen LogP contribution is 2.24. The summed E-state index contributed by atoms with van der Waals surface area (Å²) >= 11 is 0. The maximum absolute atomic E-state index is 3.44. The molecule has 1 atom stereocenters. The van der Waals surface area contributed by atoms with Crippen LogP contribution in [0.3, 0.4) is 0 Å². The van der Waals surface area contributed by atoms with E-state index in [9.17, 15) is 0 Å². The van der Waals surface area contributed by atoms with Gasteiger partial charge in [-0.15, -0.1) is 0 Å². The maximum Gasteiger partial charge on any atom is -0.00199 e. The Balaban J connectivity index is 1.68. The molecule has 13 heavy (non-hydrogen) atoms. The van der Waals surface area contributed by atoms with E-state index in [0.717, 1.165) is 5.92 Å². The van der Waals surface area contributed by atoms with Crippen molar-refractivity contribution in [3.63, 3.8) is 0 Å². The number of allylic oxidation sites excluding steroid dienone is 2. The van der Waals surface area contributed by atoms with Crippen LogP contribution in [0.25, 0.3) is 0 Å². The summed E-state index contributed by atoms with van der Waals surface area (Å²) in [5.74, 6) is 0.975. The molecule has 1 saturated heterocycles. The first-order chi connectivity index (χ1) is 6.45. The van der Waals surface area contributed by atoms with E-state index in [-0.39, 0.29) is 0 Å². The van der Waals surface area contributed by atoms with Gasteiger partial charge in [-0.1, -0.05) is 11.6 Å². The number of rotatable bonds is 3. The molecule has 0 spiro atoms. The molecular formula is C12H21N. The average molecular weight is 179 g/mol. The molecule has 1 heterocycles. The molecule has 0 aromatic rings. The smallest absolute Gasteiger partial charge is 0.00199 e. The van der Waals surface area contributed by atoms with Crippen molar-refractivity contribution in [1.29, 1.82) is 0 Å². The predicted molar refractivity (Wildman–Crippen MR) is 56.8 cm³/mol.